The third kappa shape index (κ3) is 3.27. The van der Waals surface area contributed by atoms with Crippen LogP contribution in [0.4, 0.5) is 14.5 Å². The van der Waals surface area contributed by atoms with Gasteiger partial charge in [0.05, 0.1) is 11.6 Å². The number of aliphatic hydroxyl groups is 1. The number of carbonyl (C=O) groups is 2. The van der Waals surface area contributed by atoms with Crippen LogP contribution in [0.15, 0.2) is 78.6 Å². The van der Waals surface area contributed by atoms with Crippen molar-refractivity contribution in [1.29, 1.82) is 0 Å². The SMILES string of the molecule is O=C1C(=O)N(c2ccc(F)cc2)C(c2ccncc2)/C1=C(/O)c1ccc(F)cc1. The highest BCUT2D eigenvalue weighted by molar-refractivity contribution is 6.51. The van der Waals surface area contributed by atoms with E-state index in [1.807, 2.05) is 0 Å². The number of aromatic nitrogens is 1. The second-order valence-electron chi connectivity index (χ2n) is 6.43. The second-order valence-corrected chi connectivity index (χ2v) is 6.43. The first-order valence-electron chi connectivity index (χ1n) is 8.70. The van der Waals surface area contributed by atoms with E-state index >= 15 is 0 Å². The fourth-order valence-electron chi connectivity index (χ4n) is 3.32. The van der Waals surface area contributed by atoms with Crippen LogP contribution in [0.5, 0.6) is 0 Å². The van der Waals surface area contributed by atoms with Crippen molar-refractivity contribution in [2.75, 3.05) is 4.90 Å². The molecular weight excluding hydrogens is 378 g/mol. The third-order valence-corrected chi connectivity index (χ3v) is 4.69. The fraction of sp³-hybridized carbons (Fsp3) is 0.0455. The molecule has 1 unspecified atom stereocenters. The standard InChI is InChI=1S/C22H14F2N2O3/c23-15-3-1-14(2-4-15)20(27)18-19(13-9-11-25-12-10-13)26(22(29)21(18)28)17-7-5-16(24)6-8-17/h1-12,19,27H/b20-18-. The van der Waals surface area contributed by atoms with E-state index in [4.69, 9.17) is 0 Å². The van der Waals surface area contributed by atoms with Crippen molar-refractivity contribution in [3.63, 3.8) is 0 Å². The van der Waals surface area contributed by atoms with Crippen molar-refractivity contribution in [3.05, 3.63) is 101 Å². The smallest absolute Gasteiger partial charge is 0.300 e. The summed E-state index contributed by atoms with van der Waals surface area (Å²) in [7, 11) is 0. The second kappa shape index (κ2) is 7.27. The molecule has 1 aromatic heterocycles. The van der Waals surface area contributed by atoms with Gasteiger partial charge in [-0.05, 0) is 66.2 Å². The van der Waals surface area contributed by atoms with Gasteiger partial charge in [-0.25, -0.2) is 8.78 Å². The molecule has 0 spiro atoms. The summed E-state index contributed by atoms with van der Waals surface area (Å²) >= 11 is 0. The van der Waals surface area contributed by atoms with Gasteiger partial charge in [0.2, 0.25) is 0 Å². The number of ketones is 1. The predicted octanol–water partition coefficient (Wildman–Crippen LogP) is 3.99. The number of rotatable bonds is 3. The fourth-order valence-corrected chi connectivity index (χ4v) is 3.32. The number of hydrogen-bond donors (Lipinski definition) is 1. The molecule has 29 heavy (non-hydrogen) atoms. The van der Waals surface area contributed by atoms with E-state index in [9.17, 15) is 23.5 Å². The summed E-state index contributed by atoms with van der Waals surface area (Å²) in [6.45, 7) is 0. The van der Waals surface area contributed by atoms with Gasteiger partial charge >= 0.3 is 0 Å². The molecule has 0 aliphatic carbocycles. The van der Waals surface area contributed by atoms with Gasteiger partial charge in [-0.15, -0.1) is 0 Å². The Labute approximate surface area is 164 Å². The molecule has 1 amide bonds. The van der Waals surface area contributed by atoms with Crippen molar-refractivity contribution < 1.29 is 23.5 Å². The topological polar surface area (TPSA) is 70.5 Å². The quantitative estimate of drug-likeness (QED) is 0.416. The number of benzene rings is 2. The van der Waals surface area contributed by atoms with E-state index < -0.39 is 35.1 Å². The number of nitrogens with zero attached hydrogens (tertiary/aromatic N) is 2. The van der Waals surface area contributed by atoms with Crippen molar-refractivity contribution in [1.82, 2.24) is 4.98 Å². The lowest BCUT2D eigenvalue weighted by atomic mass is 9.96. The number of aliphatic hydroxyl groups excluding tert-OH is 1. The van der Waals surface area contributed by atoms with Gasteiger partial charge in [0.1, 0.15) is 17.4 Å². The minimum atomic E-state index is -0.950. The minimum Gasteiger partial charge on any atom is -0.507 e. The summed E-state index contributed by atoms with van der Waals surface area (Å²) < 4.78 is 26.6. The third-order valence-electron chi connectivity index (χ3n) is 4.69. The molecule has 5 nitrogen and oxygen atoms in total. The highest BCUT2D eigenvalue weighted by atomic mass is 19.1. The first-order chi connectivity index (χ1) is 14.0. The van der Waals surface area contributed by atoms with Gasteiger partial charge < -0.3 is 5.11 Å². The molecule has 1 aliphatic heterocycles. The van der Waals surface area contributed by atoms with E-state index in [-0.39, 0.29) is 11.1 Å². The summed E-state index contributed by atoms with van der Waals surface area (Å²) in [4.78, 5) is 30.8. The molecule has 0 saturated carbocycles. The van der Waals surface area contributed by atoms with E-state index in [0.29, 0.717) is 11.3 Å². The van der Waals surface area contributed by atoms with Crippen LogP contribution in [0.3, 0.4) is 0 Å². The van der Waals surface area contributed by atoms with Crippen LogP contribution in [0, 0.1) is 11.6 Å². The number of hydrogen-bond acceptors (Lipinski definition) is 4. The Morgan fingerprint density at radius 3 is 2.00 bits per heavy atom. The summed E-state index contributed by atoms with van der Waals surface area (Å²) in [5.41, 5.74) is 0.889. The summed E-state index contributed by atoms with van der Waals surface area (Å²) in [5.74, 6) is -3.16. The number of carbonyl (C=O) groups excluding carboxylic acids is 2. The molecule has 1 N–H and O–H groups in total. The van der Waals surface area contributed by atoms with Gasteiger partial charge in [-0.2, -0.15) is 0 Å². The predicted molar refractivity (Wildman–Crippen MR) is 102 cm³/mol. The summed E-state index contributed by atoms with van der Waals surface area (Å²) in [5, 5.41) is 10.8. The van der Waals surface area contributed by atoms with E-state index in [0.717, 1.165) is 12.1 Å². The van der Waals surface area contributed by atoms with Crippen molar-refractivity contribution >= 4 is 23.1 Å². The lowest BCUT2D eigenvalue weighted by Crippen LogP contribution is -2.29. The molecule has 1 saturated heterocycles. The molecule has 1 aliphatic rings. The molecule has 7 heteroatoms. The first-order valence-corrected chi connectivity index (χ1v) is 8.70. The molecule has 3 aromatic rings. The molecule has 2 heterocycles. The molecule has 0 bridgehead atoms. The molecule has 0 radical (unpaired) electrons. The zero-order valence-corrected chi connectivity index (χ0v) is 14.9. The Balaban J connectivity index is 1.93. The zero-order valence-electron chi connectivity index (χ0n) is 14.9. The molecule has 2 aromatic carbocycles. The monoisotopic (exact) mass is 392 g/mol. The highest BCUT2D eigenvalue weighted by Gasteiger charge is 2.46. The number of Topliss-reactive ketones (excluding diaryl/α,β-unsaturated/α-hetero) is 1. The van der Waals surface area contributed by atoms with Crippen LogP contribution >= 0.6 is 0 Å². The van der Waals surface area contributed by atoms with Gasteiger partial charge in [-0.1, -0.05) is 0 Å². The Kier molecular flexibility index (Phi) is 4.64. The maximum Gasteiger partial charge on any atom is 0.300 e. The maximum absolute atomic E-state index is 13.4. The van der Waals surface area contributed by atoms with Gasteiger partial charge in [0.15, 0.2) is 0 Å². The van der Waals surface area contributed by atoms with Gasteiger partial charge in [-0.3, -0.25) is 19.5 Å². The maximum atomic E-state index is 13.4. The lowest BCUT2D eigenvalue weighted by Gasteiger charge is -2.25. The summed E-state index contributed by atoms with van der Waals surface area (Å²) in [6, 6.07) is 12.3. The average molecular weight is 392 g/mol. The molecular formula is C22H14F2N2O3. The number of anilines is 1. The van der Waals surface area contributed by atoms with Gasteiger partial charge in [0.25, 0.3) is 11.7 Å². The molecule has 1 fully saturated rings. The van der Waals surface area contributed by atoms with E-state index in [1.165, 1.54) is 53.7 Å². The van der Waals surface area contributed by atoms with Crippen molar-refractivity contribution in [2.24, 2.45) is 0 Å². The van der Waals surface area contributed by atoms with Crippen LogP contribution in [0.2, 0.25) is 0 Å². The average Bonchev–Trinajstić information content (AvgIpc) is 3.00. The Bertz CT molecular complexity index is 1110. The van der Waals surface area contributed by atoms with E-state index in [2.05, 4.69) is 4.98 Å². The Morgan fingerprint density at radius 1 is 0.862 bits per heavy atom. The molecule has 144 valence electrons. The normalized spacial score (nSPS) is 18.3. The lowest BCUT2D eigenvalue weighted by molar-refractivity contribution is -0.132. The van der Waals surface area contributed by atoms with Crippen LogP contribution in [0.1, 0.15) is 17.2 Å². The molecule has 4 rings (SSSR count). The van der Waals surface area contributed by atoms with Crippen molar-refractivity contribution in [3.8, 4) is 0 Å². The minimum absolute atomic E-state index is 0.142. The largest absolute Gasteiger partial charge is 0.507 e. The highest BCUT2D eigenvalue weighted by Crippen LogP contribution is 2.41. The Morgan fingerprint density at radius 2 is 1.41 bits per heavy atom. The van der Waals surface area contributed by atoms with Crippen LogP contribution in [-0.2, 0) is 9.59 Å². The van der Waals surface area contributed by atoms with E-state index in [1.54, 1.807) is 12.1 Å². The number of pyridine rings is 1. The van der Waals surface area contributed by atoms with Gasteiger partial charge in [0, 0.05) is 23.6 Å². The number of halogens is 2. The van der Waals surface area contributed by atoms with Crippen LogP contribution < -0.4 is 4.90 Å². The summed E-state index contributed by atoms with van der Waals surface area (Å²) in [6.07, 6.45) is 3.00. The first kappa shape index (κ1) is 18.5. The van der Waals surface area contributed by atoms with Crippen LogP contribution in [-0.4, -0.2) is 21.8 Å². The zero-order chi connectivity index (χ0) is 20.5. The Hall–Kier alpha value is -3.87. The molecule has 1 atom stereocenters. The van der Waals surface area contributed by atoms with Crippen molar-refractivity contribution in [2.45, 2.75) is 6.04 Å². The number of amides is 1. The van der Waals surface area contributed by atoms with Crippen LogP contribution in [0.25, 0.3) is 5.76 Å².